The quantitative estimate of drug-likeness (QED) is 0.848. The molecule has 1 heterocycles. The molecule has 0 bridgehead atoms. The first kappa shape index (κ1) is 16.0. The highest BCUT2D eigenvalue weighted by Crippen LogP contribution is 2.33. The number of rotatable bonds is 5. The Morgan fingerprint density at radius 3 is 2.67 bits per heavy atom. The van der Waals surface area contributed by atoms with Gasteiger partial charge in [0.1, 0.15) is 18.2 Å². The van der Waals surface area contributed by atoms with E-state index in [9.17, 15) is 17.6 Å². The zero-order valence-electron chi connectivity index (χ0n) is 11.5. The molecule has 0 amide bonds. The summed E-state index contributed by atoms with van der Waals surface area (Å²) in [5.41, 5.74) is -1.32. The van der Waals surface area contributed by atoms with Crippen LogP contribution in [-0.4, -0.2) is 32.4 Å². The van der Waals surface area contributed by atoms with Crippen LogP contribution in [0.25, 0.3) is 0 Å². The molecule has 7 heteroatoms. The molecule has 1 aliphatic rings. The molecule has 0 aromatic heterocycles. The van der Waals surface area contributed by atoms with Gasteiger partial charge in [0, 0.05) is 6.54 Å². The number of benzene rings is 1. The molecular formula is C14H17F4NO2. The molecular weight excluding hydrogens is 290 g/mol. The van der Waals surface area contributed by atoms with E-state index in [1.165, 1.54) is 6.07 Å². The Morgan fingerprint density at radius 1 is 1.29 bits per heavy atom. The van der Waals surface area contributed by atoms with E-state index in [1.807, 2.05) is 7.05 Å². The third kappa shape index (κ3) is 4.31. The summed E-state index contributed by atoms with van der Waals surface area (Å²) in [5, 5.41) is 3.00. The fraction of sp³-hybridized carbons (Fsp3) is 0.571. The molecule has 2 unspecified atom stereocenters. The van der Waals surface area contributed by atoms with Crippen molar-refractivity contribution in [1.82, 2.24) is 5.32 Å². The molecule has 3 nitrogen and oxygen atoms in total. The van der Waals surface area contributed by atoms with Gasteiger partial charge in [0.25, 0.3) is 0 Å². The lowest BCUT2D eigenvalue weighted by Crippen LogP contribution is -2.25. The van der Waals surface area contributed by atoms with Crippen LogP contribution in [0.4, 0.5) is 17.6 Å². The first-order chi connectivity index (χ1) is 9.90. The number of alkyl halides is 3. The Hall–Kier alpha value is -1.34. The summed E-state index contributed by atoms with van der Waals surface area (Å²) < 4.78 is 61.8. The van der Waals surface area contributed by atoms with Crippen LogP contribution < -0.4 is 10.1 Å². The zero-order chi connectivity index (χ0) is 15.5. The summed E-state index contributed by atoms with van der Waals surface area (Å²) in [5.74, 6) is -1.31. The maximum Gasteiger partial charge on any atom is 0.419 e. The minimum absolute atomic E-state index is 0.00982. The maximum atomic E-state index is 13.1. The second-order valence-corrected chi connectivity index (χ2v) is 4.97. The third-order valence-corrected chi connectivity index (χ3v) is 3.31. The summed E-state index contributed by atoms with van der Waals surface area (Å²) in [4.78, 5) is 0. The van der Waals surface area contributed by atoms with E-state index in [1.54, 1.807) is 0 Å². The van der Waals surface area contributed by atoms with Crippen molar-refractivity contribution < 1.29 is 27.0 Å². The van der Waals surface area contributed by atoms with Crippen molar-refractivity contribution in [3.8, 4) is 5.75 Å². The molecule has 1 aromatic carbocycles. The van der Waals surface area contributed by atoms with Crippen molar-refractivity contribution in [3.05, 3.63) is 29.6 Å². The van der Waals surface area contributed by atoms with Crippen LogP contribution >= 0.6 is 0 Å². The minimum Gasteiger partial charge on any atom is -0.491 e. The first-order valence-corrected chi connectivity index (χ1v) is 6.69. The van der Waals surface area contributed by atoms with E-state index in [-0.39, 0.29) is 24.6 Å². The van der Waals surface area contributed by atoms with Crippen LogP contribution in [0.15, 0.2) is 18.2 Å². The van der Waals surface area contributed by atoms with Gasteiger partial charge in [0.15, 0.2) is 0 Å². The van der Waals surface area contributed by atoms with E-state index in [0.29, 0.717) is 6.07 Å². The minimum atomic E-state index is -4.73. The summed E-state index contributed by atoms with van der Waals surface area (Å²) in [7, 11) is 1.82. The van der Waals surface area contributed by atoms with E-state index >= 15 is 0 Å². The van der Waals surface area contributed by atoms with Gasteiger partial charge in [-0.05, 0) is 38.1 Å². The highest BCUT2D eigenvalue weighted by atomic mass is 19.4. The standard InChI is InChI=1S/C14H17F4NO2/c1-19-7-10-2-3-11(21-10)8-20-9-4-5-13(15)12(6-9)14(16,17)18/h4-6,10-11,19H,2-3,7-8H2,1H3. The number of likely N-dealkylation sites (N-methyl/N-ethyl adjacent to an activating group) is 1. The SMILES string of the molecule is CNCC1CCC(COc2ccc(F)c(C(F)(F)F)c2)O1. The number of hydrogen-bond acceptors (Lipinski definition) is 3. The molecule has 1 N–H and O–H groups in total. The highest BCUT2D eigenvalue weighted by Gasteiger charge is 2.34. The van der Waals surface area contributed by atoms with Crippen LogP contribution in [0.5, 0.6) is 5.75 Å². The second kappa shape index (κ2) is 6.62. The highest BCUT2D eigenvalue weighted by molar-refractivity contribution is 5.31. The van der Waals surface area contributed by atoms with Crippen molar-refractivity contribution in [2.45, 2.75) is 31.2 Å². The molecule has 21 heavy (non-hydrogen) atoms. The molecule has 1 aliphatic heterocycles. The molecule has 0 aliphatic carbocycles. The Kier molecular flexibility index (Phi) is 5.05. The Balaban J connectivity index is 1.92. The monoisotopic (exact) mass is 307 g/mol. The van der Waals surface area contributed by atoms with Crippen molar-refractivity contribution >= 4 is 0 Å². The lowest BCUT2D eigenvalue weighted by Gasteiger charge is -2.15. The molecule has 0 radical (unpaired) electrons. The van der Waals surface area contributed by atoms with Crippen molar-refractivity contribution in [3.63, 3.8) is 0 Å². The fourth-order valence-electron chi connectivity index (χ4n) is 2.28. The Labute approximate surface area is 120 Å². The second-order valence-electron chi connectivity index (χ2n) is 4.97. The summed E-state index contributed by atoms with van der Waals surface area (Å²) in [6.07, 6.45) is -3.11. The Morgan fingerprint density at radius 2 is 2.00 bits per heavy atom. The number of ether oxygens (including phenoxy) is 2. The van der Waals surface area contributed by atoms with Crippen molar-refractivity contribution in [1.29, 1.82) is 0 Å². The van der Waals surface area contributed by atoms with Gasteiger partial charge in [0.2, 0.25) is 0 Å². The average Bonchev–Trinajstić information content (AvgIpc) is 2.85. The molecule has 1 fully saturated rings. The van der Waals surface area contributed by atoms with Gasteiger partial charge in [-0.1, -0.05) is 0 Å². The predicted octanol–water partition coefficient (Wildman–Crippen LogP) is 2.99. The van der Waals surface area contributed by atoms with Gasteiger partial charge in [-0.15, -0.1) is 0 Å². The van der Waals surface area contributed by atoms with Crippen LogP contribution in [0.3, 0.4) is 0 Å². The molecule has 1 saturated heterocycles. The molecule has 0 spiro atoms. The molecule has 118 valence electrons. The molecule has 1 aromatic rings. The van der Waals surface area contributed by atoms with Crippen LogP contribution in [-0.2, 0) is 10.9 Å². The third-order valence-electron chi connectivity index (χ3n) is 3.31. The fourth-order valence-corrected chi connectivity index (χ4v) is 2.28. The summed E-state index contributed by atoms with van der Waals surface area (Å²) in [6.45, 7) is 0.883. The largest absolute Gasteiger partial charge is 0.491 e. The smallest absolute Gasteiger partial charge is 0.419 e. The normalized spacial score (nSPS) is 22.5. The predicted molar refractivity (Wildman–Crippen MR) is 68.7 cm³/mol. The van der Waals surface area contributed by atoms with E-state index < -0.39 is 17.6 Å². The first-order valence-electron chi connectivity index (χ1n) is 6.69. The van der Waals surface area contributed by atoms with Gasteiger partial charge in [0.05, 0.1) is 17.8 Å². The summed E-state index contributed by atoms with van der Waals surface area (Å²) in [6, 6.07) is 2.62. The number of nitrogens with one attached hydrogen (secondary N) is 1. The molecule has 0 saturated carbocycles. The maximum absolute atomic E-state index is 13.1. The number of hydrogen-bond donors (Lipinski definition) is 1. The van der Waals surface area contributed by atoms with Gasteiger partial charge in [-0.25, -0.2) is 4.39 Å². The van der Waals surface area contributed by atoms with Gasteiger partial charge in [-0.3, -0.25) is 0 Å². The molecule has 2 atom stereocenters. The number of halogens is 4. The van der Waals surface area contributed by atoms with E-state index in [2.05, 4.69) is 5.32 Å². The Bertz CT molecular complexity index is 479. The topological polar surface area (TPSA) is 30.5 Å². The van der Waals surface area contributed by atoms with E-state index in [4.69, 9.17) is 9.47 Å². The van der Waals surface area contributed by atoms with Gasteiger partial charge < -0.3 is 14.8 Å². The zero-order valence-corrected chi connectivity index (χ0v) is 11.5. The van der Waals surface area contributed by atoms with Gasteiger partial charge >= 0.3 is 6.18 Å². The summed E-state index contributed by atoms with van der Waals surface area (Å²) >= 11 is 0. The average molecular weight is 307 g/mol. The van der Waals surface area contributed by atoms with E-state index in [0.717, 1.165) is 25.5 Å². The van der Waals surface area contributed by atoms with Crippen molar-refractivity contribution in [2.24, 2.45) is 0 Å². The van der Waals surface area contributed by atoms with Crippen LogP contribution in [0, 0.1) is 5.82 Å². The molecule has 2 rings (SSSR count). The van der Waals surface area contributed by atoms with Crippen LogP contribution in [0.1, 0.15) is 18.4 Å². The van der Waals surface area contributed by atoms with Crippen LogP contribution in [0.2, 0.25) is 0 Å². The lowest BCUT2D eigenvalue weighted by molar-refractivity contribution is -0.140. The van der Waals surface area contributed by atoms with Crippen molar-refractivity contribution in [2.75, 3.05) is 20.2 Å². The lowest BCUT2D eigenvalue weighted by atomic mass is 10.2. The van der Waals surface area contributed by atoms with Gasteiger partial charge in [-0.2, -0.15) is 13.2 Å².